The summed E-state index contributed by atoms with van der Waals surface area (Å²) in [4.78, 5) is 27.6. The average Bonchev–Trinajstić information content (AvgIpc) is 3.31. The Morgan fingerprint density at radius 1 is 1.17 bits per heavy atom. The number of carbonyl (C=O) groups excluding carboxylic acids is 1. The van der Waals surface area contributed by atoms with Crippen LogP contribution in [0, 0.1) is 17.0 Å². The van der Waals surface area contributed by atoms with Crippen LogP contribution >= 0.6 is 0 Å². The first-order valence-corrected chi connectivity index (χ1v) is 14.4. The summed E-state index contributed by atoms with van der Waals surface area (Å²) in [6, 6.07) is 13.2. The lowest BCUT2D eigenvalue weighted by Gasteiger charge is -2.16. The van der Waals surface area contributed by atoms with Gasteiger partial charge in [0.1, 0.15) is 16.4 Å². The predicted molar refractivity (Wildman–Crippen MR) is 154 cm³/mol. The van der Waals surface area contributed by atoms with E-state index < -0.39 is 37.5 Å². The maximum absolute atomic E-state index is 13.3. The number of hydrogen-bond donors (Lipinski definition) is 2. The number of benzene rings is 2. The van der Waals surface area contributed by atoms with Crippen LogP contribution in [0.3, 0.4) is 0 Å². The molecule has 4 rings (SSSR count). The molecule has 0 saturated heterocycles. The number of rotatable bonds is 12. The number of ether oxygens (including phenoxy) is 2. The van der Waals surface area contributed by atoms with Gasteiger partial charge in [-0.05, 0) is 62.2 Å². The molecule has 220 valence electrons. The lowest BCUT2D eigenvalue weighted by Crippen LogP contribution is -2.32. The molecule has 4 aromatic rings. The lowest BCUT2D eigenvalue weighted by atomic mass is 10.2. The first-order valence-electron chi connectivity index (χ1n) is 12.9. The molecule has 1 atom stereocenters. The van der Waals surface area contributed by atoms with Gasteiger partial charge in [-0.3, -0.25) is 19.9 Å². The first-order chi connectivity index (χ1) is 20.0. The van der Waals surface area contributed by atoms with Gasteiger partial charge >= 0.3 is 0 Å². The molecule has 13 nitrogen and oxygen atoms in total. The van der Waals surface area contributed by atoms with Crippen molar-refractivity contribution >= 4 is 21.6 Å². The van der Waals surface area contributed by atoms with E-state index in [0.29, 0.717) is 23.4 Å². The Hall–Kier alpha value is -4.82. The van der Waals surface area contributed by atoms with E-state index in [1.54, 1.807) is 63.5 Å². The third kappa shape index (κ3) is 6.72. The van der Waals surface area contributed by atoms with Crippen LogP contribution in [0.25, 0.3) is 5.69 Å². The van der Waals surface area contributed by atoms with Crippen molar-refractivity contribution in [3.05, 3.63) is 93.9 Å². The second-order valence-corrected chi connectivity index (χ2v) is 11.0. The third-order valence-electron chi connectivity index (χ3n) is 6.38. The minimum atomic E-state index is -4.24. The van der Waals surface area contributed by atoms with Gasteiger partial charge in [0.05, 0.1) is 17.7 Å². The second-order valence-electron chi connectivity index (χ2n) is 9.35. The second kappa shape index (κ2) is 12.8. The molecule has 14 heteroatoms. The summed E-state index contributed by atoms with van der Waals surface area (Å²) in [5.41, 5.74) is 1.19. The fourth-order valence-electron chi connectivity index (χ4n) is 3.90. The maximum atomic E-state index is 13.3. The first kappa shape index (κ1) is 30.1. The quantitative estimate of drug-likeness (QED) is 0.180. The number of nitro groups is 1. The largest absolute Gasteiger partial charge is 0.497 e. The highest BCUT2D eigenvalue weighted by molar-refractivity contribution is 7.89. The molecular weight excluding hydrogens is 564 g/mol. The Morgan fingerprint density at radius 3 is 2.52 bits per heavy atom. The highest BCUT2D eigenvalue weighted by Crippen LogP contribution is 2.36. The SMILES string of the molecule is CC[C@H](C)NS(=O)(=O)c1cc([N+](=O)[O-])ccc1Oc1c(C)c(C(=O)NCc2cccnc2)nn1-c1ccc(OC)cc1. The minimum Gasteiger partial charge on any atom is -0.497 e. The molecule has 2 N–H and O–H groups in total. The summed E-state index contributed by atoms with van der Waals surface area (Å²) in [5, 5.41) is 18.8. The van der Waals surface area contributed by atoms with Crippen molar-refractivity contribution in [3.8, 4) is 23.1 Å². The molecule has 0 saturated carbocycles. The van der Waals surface area contributed by atoms with Crippen molar-refractivity contribution in [1.29, 1.82) is 0 Å². The summed E-state index contributed by atoms with van der Waals surface area (Å²) < 4.78 is 41.9. The molecular formula is C28H30N6O7S. The van der Waals surface area contributed by atoms with Crippen molar-refractivity contribution in [3.63, 3.8) is 0 Å². The van der Waals surface area contributed by atoms with Crippen molar-refractivity contribution < 1.29 is 27.6 Å². The molecule has 0 radical (unpaired) electrons. The molecule has 2 heterocycles. The van der Waals surface area contributed by atoms with E-state index in [4.69, 9.17) is 9.47 Å². The van der Waals surface area contributed by atoms with E-state index in [0.717, 1.165) is 17.7 Å². The topological polar surface area (TPSA) is 168 Å². The number of non-ortho nitro benzene ring substituents is 1. The average molecular weight is 595 g/mol. The van der Waals surface area contributed by atoms with Crippen molar-refractivity contribution in [2.75, 3.05) is 7.11 Å². The maximum Gasteiger partial charge on any atom is 0.272 e. The number of hydrogen-bond acceptors (Lipinski definition) is 9. The third-order valence-corrected chi connectivity index (χ3v) is 7.99. The van der Waals surface area contributed by atoms with E-state index in [9.17, 15) is 23.3 Å². The molecule has 2 aromatic carbocycles. The van der Waals surface area contributed by atoms with Gasteiger partial charge < -0.3 is 14.8 Å². The predicted octanol–water partition coefficient (Wildman–Crippen LogP) is 4.29. The highest BCUT2D eigenvalue weighted by Gasteiger charge is 2.28. The Balaban J connectivity index is 1.80. The Morgan fingerprint density at radius 2 is 1.90 bits per heavy atom. The van der Waals surface area contributed by atoms with Crippen molar-refractivity contribution in [2.45, 2.75) is 44.7 Å². The van der Waals surface area contributed by atoms with Crippen LogP contribution < -0.4 is 19.5 Å². The van der Waals surface area contributed by atoms with Gasteiger partial charge in [0, 0.05) is 42.7 Å². The molecule has 0 unspecified atom stereocenters. The number of nitrogens with zero attached hydrogens (tertiary/aromatic N) is 4. The molecule has 0 bridgehead atoms. The number of pyridine rings is 1. The minimum absolute atomic E-state index is 0.0359. The zero-order chi connectivity index (χ0) is 30.4. The fourth-order valence-corrected chi connectivity index (χ4v) is 5.38. The van der Waals surface area contributed by atoms with Crippen LogP contribution in [-0.4, -0.2) is 47.2 Å². The summed E-state index contributed by atoms with van der Waals surface area (Å²) in [6.45, 7) is 5.28. The summed E-state index contributed by atoms with van der Waals surface area (Å²) in [7, 11) is -2.71. The van der Waals surface area contributed by atoms with Crippen LogP contribution in [-0.2, 0) is 16.6 Å². The number of aromatic nitrogens is 3. The van der Waals surface area contributed by atoms with Crippen LogP contribution in [0.15, 0.2) is 71.9 Å². The molecule has 0 aliphatic carbocycles. The van der Waals surface area contributed by atoms with E-state index in [2.05, 4.69) is 20.1 Å². The molecule has 0 spiro atoms. The van der Waals surface area contributed by atoms with Gasteiger partial charge in [0.2, 0.25) is 15.9 Å². The van der Waals surface area contributed by atoms with E-state index >= 15 is 0 Å². The lowest BCUT2D eigenvalue weighted by molar-refractivity contribution is -0.385. The van der Waals surface area contributed by atoms with Crippen molar-refractivity contribution in [2.24, 2.45) is 0 Å². The molecule has 0 aliphatic rings. The standard InChI is InChI=1S/C28H30N6O7S/c1-5-18(2)32-42(38,39)25-15-22(34(36)37)10-13-24(25)41-28-19(3)26(27(35)30-17-20-7-6-14-29-16-20)31-33(28)21-8-11-23(40-4)12-9-21/h6-16,18,32H,5,17H2,1-4H3,(H,30,35)/t18-/m0/s1. The zero-order valence-electron chi connectivity index (χ0n) is 23.4. The summed E-state index contributed by atoms with van der Waals surface area (Å²) in [6.07, 6.45) is 3.74. The van der Waals surface area contributed by atoms with Crippen LogP contribution in [0.2, 0.25) is 0 Å². The van der Waals surface area contributed by atoms with E-state index in [1.807, 2.05) is 6.07 Å². The van der Waals surface area contributed by atoms with E-state index in [-0.39, 0.29) is 23.9 Å². The zero-order valence-corrected chi connectivity index (χ0v) is 24.2. The summed E-state index contributed by atoms with van der Waals surface area (Å²) in [5.74, 6) is -0.0557. The Kier molecular flexibility index (Phi) is 9.18. The Labute approximate surface area is 242 Å². The monoisotopic (exact) mass is 594 g/mol. The Bertz CT molecular complexity index is 1690. The molecule has 42 heavy (non-hydrogen) atoms. The van der Waals surface area contributed by atoms with Crippen molar-refractivity contribution in [1.82, 2.24) is 24.8 Å². The molecule has 0 aliphatic heterocycles. The smallest absolute Gasteiger partial charge is 0.272 e. The number of nitrogens with one attached hydrogen (secondary N) is 2. The van der Waals surface area contributed by atoms with Gasteiger partial charge in [-0.15, -0.1) is 0 Å². The molecule has 0 fully saturated rings. The fraction of sp³-hybridized carbons (Fsp3) is 0.250. The van der Waals surface area contributed by atoms with E-state index in [1.165, 1.54) is 17.9 Å². The highest BCUT2D eigenvalue weighted by atomic mass is 32.2. The van der Waals surface area contributed by atoms with Crippen LogP contribution in [0.1, 0.15) is 41.9 Å². The number of sulfonamides is 1. The number of methoxy groups -OCH3 is 1. The van der Waals surface area contributed by atoms with Gasteiger partial charge in [-0.25, -0.2) is 13.1 Å². The molecule has 1 amide bonds. The summed E-state index contributed by atoms with van der Waals surface area (Å²) >= 11 is 0. The number of nitro benzene ring substituents is 1. The number of amides is 1. The van der Waals surface area contributed by atoms with Gasteiger partial charge in [-0.1, -0.05) is 13.0 Å². The van der Waals surface area contributed by atoms with Gasteiger partial charge in [0.25, 0.3) is 11.6 Å². The van der Waals surface area contributed by atoms with Crippen LogP contribution in [0.5, 0.6) is 17.4 Å². The van der Waals surface area contributed by atoms with Crippen LogP contribution in [0.4, 0.5) is 5.69 Å². The normalized spacial score (nSPS) is 12.0. The molecule has 2 aromatic heterocycles. The number of carbonyl (C=O) groups is 1. The van der Waals surface area contributed by atoms with Gasteiger partial charge in [0.15, 0.2) is 5.69 Å². The van der Waals surface area contributed by atoms with Gasteiger partial charge in [-0.2, -0.15) is 9.78 Å².